The van der Waals surface area contributed by atoms with Gasteiger partial charge < -0.3 is 11.1 Å². The van der Waals surface area contributed by atoms with Gasteiger partial charge in [-0.25, -0.2) is 4.98 Å². The van der Waals surface area contributed by atoms with E-state index in [-0.39, 0.29) is 28.7 Å². The number of nitrogens with two attached hydrogens (primary N) is 1. The summed E-state index contributed by atoms with van der Waals surface area (Å²) in [5.74, 6) is 0.797. The molecule has 3 atom stereocenters. The van der Waals surface area contributed by atoms with Crippen molar-refractivity contribution in [1.29, 1.82) is 0 Å². The zero-order chi connectivity index (χ0) is 15.4. The normalized spacial score (nSPS) is 23.5. The number of hydrogen-bond acceptors (Lipinski definition) is 7. The summed E-state index contributed by atoms with van der Waals surface area (Å²) in [7, 11) is -0.801. The van der Waals surface area contributed by atoms with Crippen molar-refractivity contribution >= 4 is 28.3 Å². The van der Waals surface area contributed by atoms with Gasteiger partial charge >= 0.3 is 5.69 Å². The van der Waals surface area contributed by atoms with Crippen molar-refractivity contribution in [3.8, 4) is 0 Å². The van der Waals surface area contributed by atoms with E-state index in [2.05, 4.69) is 15.3 Å². The van der Waals surface area contributed by atoms with E-state index in [4.69, 9.17) is 5.73 Å². The fourth-order valence-electron chi connectivity index (χ4n) is 2.53. The lowest BCUT2D eigenvalue weighted by Gasteiger charge is -2.29. The zero-order valence-electron chi connectivity index (χ0n) is 11.8. The quantitative estimate of drug-likeness (QED) is 0.622. The number of hydrogen-bond donors (Lipinski definition) is 2. The van der Waals surface area contributed by atoms with E-state index in [0.29, 0.717) is 5.75 Å². The van der Waals surface area contributed by atoms with Gasteiger partial charge in [-0.3, -0.25) is 14.3 Å². The molecule has 1 saturated carbocycles. The molecule has 3 unspecified atom stereocenters. The topological polar surface area (TPSA) is 124 Å². The molecule has 1 heterocycles. The second kappa shape index (κ2) is 6.79. The maximum Gasteiger partial charge on any atom is 0.329 e. The molecule has 0 radical (unpaired) electrons. The van der Waals surface area contributed by atoms with Gasteiger partial charge in [0.2, 0.25) is 11.8 Å². The molecule has 2 rings (SSSR count). The van der Waals surface area contributed by atoms with Crippen LogP contribution in [0.3, 0.4) is 0 Å². The summed E-state index contributed by atoms with van der Waals surface area (Å²) in [6.45, 7) is 1.92. The average Bonchev–Trinajstić information content (AvgIpc) is 2.46. The molecule has 21 heavy (non-hydrogen) atoms. The third kappa shape index (κ3) is 3.87. The molecule has 116 valence electrons. The Morgan fingerprint density at radius 1 is 1.57 bits per heavy atom. The molecular formula is C12H19N5O3S. The van der Waals surface area contributed by atoms with E-state index in [0.717, 1.165) is 31.9 Å². The molecule has 8 nitrogen and oxygen atoms in total. The SMILES string of the molecule is CCS(=O)C1CCCC(Nc2ncc([N+](=O)[O-])c(N)n2)C1. The molecule has 0 amide bonds. The highest BCUT2D eigenvalue weighted by atomic mass is 32.2. The molecule has 1 fully saturated rings. The maximum absolute atomic E-state index is 11.9. The van der Waals surface area contributed by atoms with Crippen LogP contribution in [-0.4, -0.2) is 36.1 Å². The lowest BCUT2D eigenvalue weighted by molar-refractivity contribution is -0.384. The highest BCUT2D eigenvalue weighted by molar-refractivity contribution is 7.85. The highest BCUT2D eigenvalue weighted by Gasteiger charge is 2.26. The first-order chi connectivity index (χ1) is 10.0. The molecule has 1 aliphatic carbocycles. The van der Waals surface area contributed by atoms with Crippen LogP contribution in [0.5, 0.6) is 0 Å². The molecule has 0 spiro atoms. The number of nitrogen functional groups attached to an aromatic ring is 1. The summed E-state index contributed by atoms with van der Waals surface area (Å²) in [5, 5.41) is 14.0. The summed E-state index contributed by atoms with van der Waals surface area (Å²) >= 11 is 0. The van der Waals surface area contributed by atoms with Gasteiger partial charge in [0, 0.05) is 27.8 Å². The van der Waals surface area contributed by atoms with Crippen LogP contribution in [0.1, 0.15) is 32.6 Å². The minimum Gasteiger partial charge on any atom is -0.378 e. The number of nitrogens with one attached hydrogen (secondary N) is 1. The molecule has 0 saturated heterocycles. The monoisotopic (exact) mass is 313 g/mol. The Kier molecular flexibility index (Phi) is 5.05. The summed E-state index contributed by atoms with van der Waals surface area (Å²) in [4.78, 5) is 17.9. The Labute approximate surface area is 125 Å². The van der Waals surface area contributed by atoms with Gasteiger partial charge in [0.05, 0.1) is 4.92 Å². The smallest absolute Gasteiger partial charge is 0.329 e. The molecule has 1 aliphatic rings. The van der Waals surface area contributed by atoms with Crippen LogP contribution in [0.2, 0.25) is 0 Å². The van der Waals surface area contributed by atoms with Crippen LogP contribution >= 0.6 is 0 Å². The van der Waals surface area contributed by atoms with E-state index in [1.165, 1.54) is 0 Å². The largest absolute Gasteiger partial charge is 0.378 e. The van der Waals surface area contributed by atoms with Crippen LogP contribution in [-0.2, 0) is 10.8 Å². The van der Waals surface area contributed by atoms with Gasteiger partial charge in [0.25, 0.3) is 0 Å². The van der Waals surface area contributed by atoms with Gasteiger partial charge in [0.15, 0.2) is 0 Å². The summed E-state index contributed by atoms with van der Waals surface area (Å²) < 4.78 is 11.9. The summed E-state index contributed by atoms with van der Waals surface area (Å²) in [6.07, 6.45) is 4.81. The van der Waals surface area contributed by atoms with Crippen LogP contribution in [0.25, 0.3) is 0 Å². The zero-order valence-corrected chi connectivity index (χ0v) is 12.6. The van der Waals surface area contributed by atoms with Gasteiger partial charge in [-0.05, 0) is 19.3 Å². The lowest BCUT2D eigenvalue weighted by Crippen LogP contribution is -2.33. The van der Waals surface area contributed by atoms with E-state index < -0.39 is 15.7 Å². The average molecular weight is 313 g/mol. The van der Waals surface area contributed by atoms with Crippen LogP contribution < -0.4 is 11.1 Å². The van der Waals surface area contributed by atoms with Crippen LogP contribution in [0.4, 0.5) is 17.5 Å². The van der Waals surface area contributed by atoms with Crippen molar-refractivity contribution in [2.75, 3.05) is 16.8 Å². The first-order valence-corrected chi connectivity index (χ1v) is 8.30. The van der Waals surface area contributed by atoms with Crippen molar-refractivity contribution < 1.29 is 9.13 Å². The number of aromatic nitrogens is 2. The van der Waals surface area contributed by atoms with Gasteiger partial charge in [-0.1, -0.05) is 13.3 Å². The second-order valence-corrected chi connectivity index (χ2v) is 7.03. The first-order valence-electron chi connectivity index (χ1n) is 6.91. The predicted molar refractivity (Wildman–Crippen MR) is 81.4 cm³/mol. The predicted octanol–water partition coefficient (Wildman–Crippen LogP) is 1.46. The van der Waals surface area contributed by atoms with Crippen molar-refractivity contribution in [2.45, 2.75) is 43.9 Å². The fraction of sp³-hybridized carbons (Fsp3) is 0.667. The van der Waals surface area contributed by atoms with Crippen molar-refractivity contribution in [3.05, 3.63) is 16.3 Å². The Bertz CT molecular complexity index is 554. The molecule has 0 bridgehead atoms. The molecule has 0 aliphatic heterocycles. The van der Waals surface area contributed by atoms with E-state index >= 15 is 0 Å². The third-order valence-electron chi connectivity index (χ3n) is 3.61. The van der Waals surface area contributed by atoms with Crippen molar-refractivity contribution in [3.63, 3.8) is 0 Å². The number of anilines is 2. The Balaban J connectivity index is 2.03. The second-order valence-electron chi connectivity index (χ2n) is 5.02. The summed E-state index contributed by atoms with van der Waals surface area (Å²) in [5.41, 5.74) is 5.25. The minimum atomic E-state index is -0.801. The first kappa shape index (κ1) is 15.6. The van der Waals surface area contributed by atoms with Crippen LogP contribution in [0, 0.1) is 10.1 Å². The summed E-state index contributed by atoms with van der Waals surface area (Å²) in [6, 6.07) is 0.125. The van der Waals surface area contributed by atoms with Crippen molar-refractivity contribution in [1.82, 2.24) is 9.97 Å². The third-order valence-corrected chi connectivity index (χ3v) is 5.35. The van der Waals surface area contributed by atoms with E-state index in [9.17, 15) is 14.3 Å². The van der Waals surface area contributed by atoms with Gasteiger partial charge in [-0.2, -0.15) is 4.98 Å². The molecule has 3 N–H and O–H groups in total. The maximum atomic E-state index is 11.9. The Morgan fingerprint density at radius 2 is 2.33 bits per heavy atom. The van der Waals surface area contributed by atoms with E-state index in [1.54, 1.807) is 0 Å². The Hall–Kier alpha value is -1.77. The van der Waals surface area contributed by atoms with E-state index in [1.807, 2.05) is 6.92 Å². The molecular weight excluding hydrogens is 294 g/mol. The molecule has 1 aromatic rings. The number of nitro groups is 1. The van der Waals surface area contributed by atoms with Gasteiger partial charge in [0.1, 0.15) is 6.20 Å². The fourth-order valence-corrected chi connectivity index (χ4v) is 3.88. The van der Waals surface area contributed by atoms with Crippen LogP contribution in [0.15, 0.2) is 6.20 Å². The van der Waals surface area contributed by atoms with Crippen molar-refractivity contribution in [2.24, 2.45) is 0 Å². The highest BCUT2D eigenvalue weighted by Crippen LogP contribution is 2.26. The molecule has 0 aromatic carbocycles. The molecule has 9 heteroatoms. The number of nitrogens with zero attached hydrogens (tertiary/aromatic N) is 3. The van der Waals surface area contributed by atoms with Gasteiger partial charge in [-0.15, -0.1) is 0 Å². The standard InChI is InChI=1S/C12H19N5O3S/c1-2-21(20)9-5-3-4-8(6-9)15-12-14-7-10(17(18)19)11(13)16-12/h7-9H,2-6H2,1H3,(H3,13,14,15,16). The lowest BCUT2D eigenvalue weighted by atomic mass is 9.95. The molecule has 1 aromatic heterocycles. The number of rotatable bonds is 5. The Morgan fingerprint density at radius 3 is 2.95 bits per heavy atom. The minimum absolute atomic E-state index is 0.125.